The van der Waals surface area contributed by atoms with Crippen LogP contribution >= 0.6 is 24.0 Å². The van der Waals surface area contributed by atoms with Gasteiger partial charge in [-0.3, -0.25) is 0 Å². The Kier molecular flexibility index (Phi) is 11.7. The first kappa shape index (κ1) is 14.8. The van der Waals surface area contributed by atoms with Crippen molar-refractivity contribution in [2.24, 2.45) is 0 Å². The smallest absolute Gasteiger partial charge is 0.220 e. The predicted octanol–water partition coefficient (Wildman–Crippen LogP) is 4.01. The van der Waals surface area contributed by atoms with Gasteiger partial charge in [0.2, 0.25) is 4.38 Å². The van der Waals surface area contributed by atoms with Crippen molar-refractivity contribution in [2.45, 2.75) is 45.4 Å². The summed E-state index contributed by atoms with van der Waals surface area (Å²) in [6.45, 7) is 2.97. The molecule has 3 heteroatoms. The van der Waals surface area contributed by atoms with Crippen LogP contribution in [-0.2, 0) is 4.74 Å². The van der Waals surface area contributed by atoms with Gasteiger partial charge < -0.3 is 4.74 Å². The van der Waals surface area contributed by atoms with Crippen molar-refractivity contribution in [3.63, 3.8) is 0 Å². The molecule has 0 saturated carbocycles. The highest BCUT2D eigenvalue weighted by molar-refractivity contribution is 8.22. The molecule has 0 heterocycles. The molecule has 0 aliphatic carbocycles. The standard InChI is InChI=1S/C12H20OS2/c1-3-5-6-7-8-9-10-13-12(14)15-11-4-2/h2H,3,5-11H2,1H3. The van der Waals surface area contributed by atoms with E-state index >= 15 is 0 Å². The van der Waals surface area contributed by atoms with Crippen molar-refractivity contribution in [1.29, 1.82) is 0 Å². The maximum Gasteiger partial charge on any atom is 0.220 e. The van der Waals surface area contributed by atoms with Crippen LogP contribution in [0.5, 0.6) is 0 Å². The first-order chi connectivity index (χ1) is 7.31. The summed E-state index contributed by atoms with van der Waals surface area (Å²) in [5.74, 6) is 3.13. The van der Waals surface area contributed by atoms with E-state index in [2.05, 4.69) is 12.8 Å². The Balaban J connectivity index is 3.10. The molecule has 0 aliphatic heterocycles. The molecule has 0 atom stereocenters. The van der Waals surface area contributed by atoms with Gasteiger partial charge in [0.05, 0.1) is 12.4 Å². The van der Waals surface area contributed by atoms with Crippen LogP contribution in [0, 0.1) is 12.3 Å². The van der Waals surface area contributed by atoms with E-state index in [0.29, 0.717) is 10.1 Å². The van der Waals surface area contributed by atoms with Crippen LogP contribution in [0.1, 0.15) is 45.4 Å². The van der Waals surface area contributed by atoms with Crippen LogP contribution in [0.2, 0.25) is 0 Å². The second-order valence-corrected chi connectivity index (χ2v) is 4.94. The Hall–Kier alpha value is -0.200. The number of thioether (sulfide) groups is 1. The lowest BCUT2D eigenvalue weighted by atomic mass is 10.1. The number of hydrogen-bond donors (Lipinski definition) is 0. The molecule has 86 valence electrons. The van der Waals surface area contributed by atoms with Gasteiger partial charge in [0.25, 0.3) is 0 Å². The molecular weight excluding hydrogens is 224 g/mol. The molecule has 0 spiro atoms. The molecule has 0 aromatic heterocycles. The highest BCUT2D eigenvalue weighted by atomic mass is 32.2. The molecule has 0 aromatic rings. The zero-order valence-corrected chi connectivity index (χ0v) is 11.1. The number of rotatable bonds is 8. The van der Waals surface area contributed by atoms with Crippen LogP contribution in [-0.4, -0.2) is 16.7 Å². The van der Waals surface area contributed by atoms with E-state index in [0.717, 1.165) is 13.0 Å². The van der Waals surface area contributed by atoms with Gasteiger partial charge in [0, 0.05) is 0 Å². The van der Waals surface area contributed by atoms with Crippen LogP contribution < -0.4 is 0 Å². The minimum Gasteiger partial charge on any atom is -0.479 e. The third-order valence-corrected chi connectivity index (χ3v) is 3.13. The molecule has 1 nitrogen and oxygen atoms in total. The van der Waals surface area contributed by atoms with E-state index in [1.165, 1.54) is 43.9 Å². The summed E-state index contributed by atoms with van der Waals surface area (Å²) in [5.41, 5.74) is 0. The quantitative estimate of drug-likeness (QED) is 0.363. The summed E-state index contributed by atoms with van der Waals surface area (Å²) in [6, 6.07) is 0. The fourth-order valence-electron chi connectivity index (χ4n) is 1.18. The van der Waals surface area contributed by atoms with Crippen molar-refractivity contribution in [1.82, 2.24) is 0 Å². The van der Waals surface area contributed by atoms with Gasteiger partial charge >= 0.3 is 0 Å². The van der Waals surface area contributed by atoms with Crippen molar-refractivity contribution >= 4 is 28.4 Å². The number of ether oxygens (including phenoxy) is 1. The van der Waals surface area contributed by atoms with E-state index in [9.17, 15) is 0 Å². The first-order valence-electron chi connectivity index (χ1n) is 5.54. The maximum absolute atomic E-state index is 5.35. The second-order valence-electron chi connectivity index (χ2n) is 3.36. The Morgan fingerprint density at radius 2 is 1.93 bits per heavy atom. The Labute approximate surface area is 103 Å². The fraction of sp³-hybridized carbons (Fsp3) is 0.750. The maximum atomic E-state index is 5.35. The van der Waals surface area contributed by atoms with Gasteiger partial charge in [0.15, 0.2) is 0 Å². The Bertz CT molecular complexity index is 196. The number of unbranched alkanes of at least 4 members (excludes halogenated alkanes) is 5. The third-order valence-electron chi connectivity index (χ3n) is 1.99. The molecule has 0 aliphatic rings. The van der Waals surface area contributed by atoms with Crippen molar-refractivity contribution < 1.29 is 4.74 Å². The molecule has 0 radical (unpaired) electrons. The monoisotopic (exact) mass is 244 g/mol. The van der Waals surface area contributed by atoms with Gasteiger partial charge in [-0.15, -0.1) is 6.42 Å². The van der Waals surface area contributed by atoms with Gasteiger partial charge in [-0.05, 0) is 18.6 Å². The normalized spacial score (nSPS) is 9.60. The summed E-state index contributed by atoms with van der Waals surface area (Å²) in [7, 11) is 0. The van der Waals surface area contributed by atoms with Crippen molar-refractivity contribution in [2.75, 3.05) is 12.4 Å². The molecule has 0 bridgehead atoms. The second kappa shape index (κ2) is 11.9. The SMILES string of the molecule is C#CCSC(=S)OCCCCCCCC. The lowest BCUT2D eigenvalue weighted by molar-refractivity contribution is 0.308. The van der Waals surface area contributed by atoms with Gasteiger partial charge in [-0.2, -0.15) is 0 Å². The van der Waals surface area contributed by atoms with Crippen molar-refractivity contribution in [3.05, 3.63) is 0 Å². The van der Waals surface area contributed by atoms with E-state index < -0.39 is 0 Å². The van der Waals surface area contributed by atoms with E-state index in [4.69, 9.17) is 23.4 Å². The topological polar surface area (TPSA) is 9.23 Å². The van der Waals surface area contributed by atoms with Crippen molar-refractivity contribution in [3.8, 4) is 12.3 Å². The summed E-state index contributed by atoms with van der Waals surface area (Å²) in [6.07, 6.45) is 12.7. The first-order valence-corrected chi connectivity index (χ1v) is 6.93. The highest BCUT2D eigenvalue weighted by Crippen LogP contribution is 2.08. The minimum atomic E-state index is 0.585. The number of thiocarbonyl (C=S) groups is 1. The largest absolute Gasteiger partial charge is 0.479 e. The van der Waals surface area contributed by atoms with E-state index in [1.54, 1.807) is 0 Å². The molecule has 0 fully saturated rings. The van der Waals surface area contributed by atoms with E-state index in [1.807, 2.05) is 0 Å². The summed E-state index contributed by atoms with van der Waals surface area (Å²) < 4.78 is 5.93. The number of terminal acetylenes is 1. The van der Waals surface area contributed by atoms with Gasteiger partial charge in [0.1, 0.15) is 0 Å². The summed E-state index contributed by atoms with van der Waals surface area (Å²) in [5, 5.41) is 0. The Morgan fingerprint density at radius 3 is 2.60 bits per heavy atom. The lowest BCUT2D eigenvalue weighted by Crippen LogP contribution is -1.99. The highest BCUT2D eigenvalue weighted by Gasteiger charge is 1.96. The van der Waals surface area contributed by atoms with Gasteiger partial charge in [-0.25, -0.2) is 0 Å². The van der Waals surface area contributed by atoms with Crippen LogP contribution in [0.4, 0.5) is 0 Å². The van der Waals surface area contributed by atoms with E-state index in [-0.39, 0.29) is 0 Å². The fourth-order valence-corrected chi connectivity index (χ4v) is 1.81. The van der Waals surface area contributed by atoms with Gasteiger partial charge in [-0.1, -0.05) is 56.7 Å². The molecule has 0 aromatic carbocycles. The molecule has 0 N–H and O–H groups in total. The zero-order chi connectivity index (χ0) is 11.4. The molecule has 15 heavy (non-hydrogen) atoms. The van der Waals surface area contributed by atoms with Crippen LogP contribution in [0.3, 0.4) is 0 Å². The zero-order valence-electron chi connectivity index (χ0n) is 9.46. The average Bonchev–Trinajstić information content (AvgIpc) is 2.25. The molecule has 0 rings (SSSR count). The average molecular weight is 244 g/mol. The minimum absolute atomic E-state index is 0.585. The summed E-state index contributed by atoms with van der Waals surface area (Å²) in [4.78, 5) is 0. The Morgan fingerprint density at radius 1 is 1.27 bits per heavy atom. The molecular formula is C12H20OS2. The predicted molar refractivity (Wildman–Crippen MR) is 73.2 cm³/mol. The number of hydrogen-bond acceptors (Lipinski definition) is 3. The molecule has 0 unspecified atom stereocenters. The molecule has 0 amide bonds. The molecule has 0 saturated heterocycles. The lowest BCUT2D eigenvalue weighted by Gasteiger charge is -2.05. The van der Waals surface area contributed by atoms with Crippen LogP contribution in [0.15, 0.2) is 0 Å². The van der Waals surface area contributed by atoms with Crippen LogP contribution in [0.25, 0.3) is 0 Å². The third kappa shape index (κ3) is 11.7. The summed E-state index contributed by atoms with van der Waals surface area (Å²) >= 11 is 6.41.